The first kappa shape index (κ1) is 19.3. The van der Waals surface area contributed by atoms with Crippen LogP contribution in [0.15, 0.2) is 53.6 Å². The van der Waals surface area contributed by atoms with Gasteiger partial charge in [0, 0.05) is 23.4 Å². The maximum atomic E-state index is 11.0. The number of hydrazone groups is 1. The highest BCUT2D eigenvalue weighted by Crippen LogP contribution is 2.16. The molecule has 8 heteroatoms. The summed E-state index contributed by atoms with van der Waals surface area (Å²) < 4.78 is 5.11. The van der Waals surface area contributed by atoms with E-state index in [1.54, 1.807) is 19.2 Å². The number of benzene rings is 2. The molecule has 0 atom stereocenters. The van der Waals surface area contributed by atoms with Crippen molar-refractivity contribution >= 4 is 34.4 Å². The van der Waals surface area contributed by atoms with Gasteiger partial charge in [0.05, 0.1) is 17.7 Å². The van der Waals surface area contributed by atoms with E-state index >= 15 is 0 Å². The zero-order valence-corrected chi connectivity index (χ0v) is 15.4. The lowest BCUT2D eigenvalue weighted by atomic mass is 10.1. The Morgan fingerprint density at radius 1 is 1.27 bits per heavy atom. The number of nitrogens with zero attached hydrogens (tertiary/aromatic N) is 2. The van der Waals surface area contributed by atoms with E-state index in [1.807, 2.05) is 31.2 Å². The van der Waals surface area contributed by atoms with Crippen LogP contribution in [0.2, 0.25) is 0 Å². The van der Waals surface area contributed by atoms with E-state index in [9.17, 15) is 10.1 Å². The lowest BCUT2D eigenvalue weighted by Crippen LogP contribution is -2.25. The smallest absolute Gasteiger partial charge is 0.270 e. The third-order valence-corrected chi connectivity index (χ3v) is 3.71. The molecular formula is C18H20N4O3S. The van der Waals surface area contributed by atoms with Gasteiger partial charge in [-0.05, 0) is 42.9 Å². The quantitative estimate of drug-likeness (QED) is 0.329. The van der Waals surface area contributed by atoms with Crippen LogP contribution in [-0.4, -0.2) is 22.9 Å². The molecule has 26 heavy (non-hydrogen) atoms. The Morgan fingerprint density at radius 2 is 2.00 bits per heavy atom. The zero-order valence-electron chi connectivity index (χ0n) is 14.6. The van der Waals surface area contributed by atoms with Gasteiger partial charge in [-0.15, -0.1) is 0 Å². The number of nitro benzene ring substituents is 1. The number of methoxy groups -OCH3 is 1. The van der Waals surface area contributed by atoms with E-state index in [0.29, 0.717) is 22.8 Å². The summed E-state index contributed by atoms with van der Waals surface area (Å²) in [7, 11) is 1.60. The average Bonchev–Trinajstić information content (AvgIpc) is 2.65. The summed E-state index contributed by atoms with van der Waals surface area (Å²) in [6.07, 6.45) is 1.52. The molecule has 2 rings (SSSR count). The molecule has 0 aliphatic rings. The summed E-state index contributed by atoms with van der Waals surface area (Å²) in [4.78, 5) is 10.5. The van der Waals surface area contributed by atoms with E-state index < -0.39 is 4.92 Å². The van der Waals surface area contributed by atoms with E-state index in [-0.39, 0.29) is 5.69 Å². The van der Waals surface area contributed by atoms with Gasteiger partial charge in [-0.1, -0.05) is 25.5 Å². The van der Waals surface area contributed by atoms with Gasteiger partial charge >= 0.3 is 0 Å². The summed E-state index contributed by atoms with van der Waals surface area (Å²) in [5.74, 6) is 0.753. The Labute approximate surface area is 157 Å². The first-order chi connectivity index (χ1) is 12.5. The molecule has 0 amide bonds. The van der Waals surface area contributed by atoms with Crippen LogP contribution >= 0.6 is 12.2 Å². The van der Waals surface area contributed by atoms with Crippen molar-refractivity contribution in [3.63, 3.8) is 0 Å². The molecule has 0 fully saturated rings. The van der Waals surface area contributed by atoms with Crippen LogP contribution in [-0.2, 0) is 0 Å². The summed E-state index contributed by atoms with van der Waals surface area (Å²) in [6.45, 7) is 2.01. The van der Waals surface area contributed by atoms with Crippen LogP contribution in [0.5, 0.6) is 5.75 Å². The Bertz CT molecular complexity index is 806. The van der Waals surface area contributed by atoms with Crippen LogP contribution in [0.3, 0.4) is 0 Å². The van der Waals surface area contributed by atoms with E-state index in [0.717, 1.165) is 17.9 Å². The maximum Gasteiger partial charge on any atom is 0.270 e. The highest BCUT2D eigenvalue weighted by atomic mass is 32.1. The predicted octanol–water partition coefficient (Wildman–Crippen LogP) is 4.09. The molecule has 0 aliphatic heterocycles. The molecular weight excluding hydrogens is 352 g/mol. The van der Waals surface area contributed by atoms with Crippen LogP contribution in [0.1, 0.15) is 25.3 Å². The number of non-ortho nitro benzene ring substituents is 1. The van der Waals surface area contributed by atoms with Crippen molar-refractivity contribution in [1.82, 2.24) is 5.43 Å². The minimum Gasteiger partial charge on any atom is -0.497 e. The van der Waals surface area contributed by atoms with Crippen molar-refractivity contribution in [3.05, 3.63) is 64.2 Å². The lowest BCUT2D eigenvalue weighted by Gasteiger charge is -2.10. The Kier molecular flexibility index (Phi) is 7.04. The molecule has 7 nitrogen and oxygen atoms in total. The minimum atomic E-state index is -0.420. The van der Waals surface area contributed by atoms with Crippen molar-refractivity contribution < 1.29 is 9.66 Å². The highest BCUT2D eigenvalue weighted by Gasteiger charge is 2.10. The molecule has 0 aromatic heterocycles. The van der Waals surface area contributed by atoms with Crippen LogP contribution in [0.4, 0.5) is 11.4 Å². The Balaban J connectivity index is 2.09. The number of rotatable bonds is 7. The first-order valence-electron chi connectivity index (χ1n) is 8.06. The molecule has 0 radical (unpaired) electrons. The molecule has 0 saturated carbocycles. The Hall–Kier alpha value is -3.00. The number of hydrogen-bond donors (Lipinski definition) is 2. The monoisotopic (exact) mass is 372 g/mol. The second-order valence-electron chi connectivity index (χ2n) is 5.41. The van der Waals surface area contributed by atoms with Gasteiger partial charge in [0.1, 0.15) is 5.75 Å². The first-order valence-corrected chi connectivity index (χ1v) is 8.46. The third-order valence-electron chi connectivity index (χ3n) is 3.52. The summed E-state index contributed by atoms with van der Waals surface area (Å²) >= 11 is 5.25. The molecule has 2 aromatic rings. The van der Waals surface area contributed by atoms with Crippen molar-refractivity contribution in [3.8, 4) is 5.75 Å². The second kappa shape index (κ2) is 9.47. The standard InChI is InChI=1S/C18H20N4O3S/c1-3-5-17(13-6-4-7-15(12-13)22(23)24)20-21-18(26)19-14-8-10-16(25-2)11-9-14/h4,6-12H,3,5H2,1-2H3,(H2,19,21,26)/b20-17-. The van der Waals surface area contributed by atoms with E-state index in [1.165, 1.54) is 12.1 Å². The lowest BCUT2D eigenvalue weighted by molar-refractivity contribution is -0.384. The summed E-state index contributed by atoms with van der Waals surface area (Å²) in [6, 6.07) is 13.7. The SMILES string of the molecule is CCC/C(=N/NC(=S)Nc1ccc(OC)cc1)c1cccc([N+](=O)[O-])c1. The van der Waals surface area contributed by atoms with Crippen molar-refractivity contribution in [2.45, 2.75) is 19.8 Å². The van der Waals surface area contributed by atoms with Crippen molar-refractivity contribution in [1.29, 1.82) is 0 Å². The number of anilines is 1. The van der Waals surface area contributed by atoms with Crippen LogP contribution in [0, 0.1) is 10.1 Å². The van der Waals surface area contributed by atoms with E-state index in [4.69, 9.17) is 17.0 Å². The van der Waals surface area contributed by atoms with Crippen LogP contribution < -0.4 is 15.5 Å². The van der Waals surface area contributed by atoms with Gasteiger partial charge in [0.2, 0.25) is 0 Å². The summed E-state index contributed by atoms with van der Waals surface area (Å²) in [5.41, 5.74) is 5.03. The molecule has 0 saturated heterocycles. The molecule has 0 spiro atoms. The molecule has 2 N–H and O–H groups in total. The number of nitrogens with one attached hydrogen (secondary N) is 2. The van der Waals surface area contributed by atoms with Gasteiger partial charge in [0.25, 0.3) is 5.69 Å². The van der Waals surface area contributed by atoms with Gasteiger partial charge in [-0.2, -0.15) is 5.10 Å². The topological polar surface area (TPSA) is 88.8 Å². The fourth-order valence-electron chi connectivity index (χ4n) is 2.25. The Morgan fingerprint density at radius 3 is 2.62 bits per heavy atom. The van der Waals surface area contributed by atoms with Crippen molar-refractivity contribution in [2.75, 3.05) is 12.4 Å². The third kappa shape index (κ3) is 5.52. The van der Waals surface area contributed by atoms with Gasteiger partial charge in [-0.25, -0.2) is 0 Å². The molecule has 2 aromatic carbocycles. The second-order valence-corrected chi connectivity index (χ2v) is 5.82. The highest BCUT2D eigenvalue weighted by molar-refractivity contribution is 7.80. The molecule has 136 valence electrons. The maximum absolute atomic E-state index is 11.0. The van der Waals surface area contributed by atoms with E-state index in [2.05, 4.69) is 15.8 Å². The zero-order chi connectivity index (χ0) is 18.9. The fraction of sp³-hybridized carbons (Fsp3) is 0.222. The molecule has 0 unspecified atom stereocenters. The van der Waals surface area contributed by atoms with Gasteiger partial charge in [-0.3, -0.25) is 15.5 Å². The normalized spacial score (nSPS) is 10.9. The fourth-order valence-corrected chi connectivity index (χ4v) is 2.42. The number of hydrogen-bond acceptors (Lipinski definition) is 5. The summed E-state index contributed by atoms with van der Waals surface area (Å²) in [5, 5.41) is 18.6. The molecule has 0 aliphatic carbocycles. The number of nitro groups is 1. The number of ether oxygens (including phenoxy) is 1. The average molecular weight is 372 g/mol. The van der Waals surface area contributed by atoms with Gasteiger partial charge < -0.3 is 10.1 Å². The number of thiocarbonyl (C=S) groups is 1. The minimum absolute atomic E-state index is 0.0326. The van der Waals surface area contributed by atoms with Gasteiger partial charge in [0.15, 0.2) is 5.11 Å². The predicted molar refractivity (Wildman–Crippen MR) is 107 cm³/mol. The molecule has 0 heterocycles. The van der Waals surface area contributed by atoms with Crippen LogP contribution in [0.25, 0.3) is 0 Å². The van der Waals surface area contributed by atoms with Crippen molar-refractivity contribution in [2.24, 2.45) is 5.10 Å². The largest absolute Gasteiger partial charge is 0.497 e. The molecule has 0 bridgehead atoms.